The van der Waals surface area contributed by atoms with E-state index in [1.807, 2.05) is 13.0 Å². The number of hydrogen-bond donors (Lipinski definition) is 2. The molecule has 1 heterocycles. The summed E-state index contributed by atoms with van der Waals surface area (Å²) in [6, 6.07) is 4.08. The zero-order valence-corrected chi connectivity index (χ0v) is 13.4. The molecule has 2 bridgehead atoms. The SMILES string of the molecule is Cc1cc(C)n(NC(=S)N[C@@H]2C[C@@H]3C=C[C@H]2C3)c(=O)c1C#N. The Hall–Kier alpha value is -2.13. The van der Waals surface area contributed by atoms with Crippen LogP contribution in [0.25, 0.3) is 0 Å². The molecule has 6 heteroatoms. The van der Waals surface area contributed by atoms with E-state index >= 15 is 0 Å². The van der Waals surface area contributed by atoms with Gasteiger partial charge in [0.15, 0.2) is 5.11 Å². The highest BCUT2D eigenvalue weighted by atomic mass is 32.1. The second-order valence-electron chi connectivity index (χ2n) is 6.07. The maximum atomic E-state index is 12.3. The minimum absolute atomic E-state index is 0.142. The van der Waals surface area contributed by atoms with Crippen molar-refractivity contribution in [2.45, 2.75) is 32.7 Å². The summed E-state index contributed by atoms with van der Waals surface area (Å²) in [6.07, 6.45) is 6.77. The third-order valence-corrected chi connectivity index (χ3v) is 4.72. The van der Waals surface area contributed by atoms with Crippen LogP contribution in [0, 0.1) is 37.0 Å². The Morgan fingerprint density at radius 1 is 1.41 bits per heavy atom. The molecular formula is C16H18N4OS. The first-order valence-corrected chi connectivity index (χ1v) is 7.79. The summed E-state index contributed by atoms with van der Waals surface area (Å²) in [6.45, 7) is 3.57. The van der Waals surface area contributed by atoms with Gasteiger partial charge in [0.1, 0.15) is 11.6 Å². The predicted octanol–water partition coefficient (Wildman–Crippen LogP) is 1.72. The van der Waals surface area contributed by atoms with Gasteiger partial charge < -0.3 is 5.32 Å². The lowest BCUT2D eigenvalue weighted by atomic mass is 10.0. The van der Waals surface area contributed by atoms with Gasteiger partial charge in [0.25, 0.3) is 5.56 Å². The van der Waals surface area contributed by atoms with E-state index in [0.717, 1.165) is 12.1 Å². The number of nitrogens with one attached hydrogen (secondary N) is 2. The van der Waals surface area contributed by atoms with Gasteiger partial charge in [0.2, 0.25) is 0 Å². The zero-order valence-electron chi connectivity index (χ0n) is 12.6. The summed E-state index contributed by atoms with van der Waals surface area (Å²) >= 11 is 5.33. The Kier molecular flexibility index (Phi) is 3.75. The highest BCUT2D eigenvalue weighted by Gasteiger charge is 2.35. The van der Waals surface area contributed by atoms with Crippen molar-refractivity contribution in [1.82, 2.24) is 9.99 Å². The third kappa shape index (κ3) is 2.53. The molecule has 1 aromatic rings. The summed E-state index contributed by atoms with van der Waals surface area (Å²) in [7, 11) is 0. The van der Waals surface area contributed by atoms with Crippen LogP contribution in [-0.4, -0.2) is 15.8 Å². The largest absolute Gasteiger partial charge is 0.358 e. The molecule has 3 rings (SSSR count). The topological polar surface area (TPSA) is 69.8 Å². The maximum Gasteiger partial charge on any atom is 0.287 e. The number of fused-ring (bicyclic) bond motifs is 2. The van der Waals surface area contributed by atoms with Crippen molar-refractivity contribution in [1.29, 1.82) is 5.26 Å². The van der Waals surface area contributed by atoms with Crippen LogP contribution in [0.4, 0.5) is 0 Å². The van der Waals surface area contributed by atoms with Crippen molar-refractivity contribution in [3.05, 3.63) is 45.4 Å². The van der Waals surface area contributed by atoms with Gasteiger partial charge in [-0.1, -0.05) is 12.2 Å². The Labute approximate surface area is 134 Å². The number of rotatable bonds is 2. The summed E-state index contributed by atoms with van der Waals surface area (Å²) < 4.78 is 1.34. The quantitative estimate of drug-likeness (QED) is 0.642. The molecule has 2 aliphatic rings. The lowest BCUT2D eigenvalue weighted by Gasteiger charge is -2.23. The molecule has 0 unspecified atom stereocenters. The first kappa shape index (κ1) is 14.8. The van der Waals surface area contributed by atoms with Crippen LogP contribution in [0.1, 0.15) is 29.7 Å². The molecule has 1 fully saturated rings. The highest BCUT2D eigenvalue weighted by Crippen LogP contribution is 2.38. The van der Waals surface area contributed by atoms with Crippen LogP contribution in [0.5, 0.6) is 0 Å². The van der Waals surface area contributed by atoms with Gasteiger partial charge in [-0.2, -0.15) is 5.26 Å². The molecule has 0 aliphatic heterocycles. The summed E-state index contributed by atoms with van der Waals surface area (Å²) in [5, 5.41) is 12.8. The average molecular weight is 314 g/mol. The minimum atomic E-state index is -0.364. The number of nitriles is 1. The lowest BCUT2D eigenvalue weighted by molar-refractivity contribution is 0.524. The van der Waals surface area contributed by atoms with Gasteiger partial charge in [0, 0.05) is 11.7 Å². The fourth-order valence-corrected chi connectivity index (χ4v) is 3.66. The molecule has 0 spiro atoms. The molecule has 0 amide bonds. The number of nitrogens with zero attached hydrogens (tertiary/aromatic N) is 2. The van der Waals surface area contributed by atoms with Crippen LogP contribution in [0.3, 0.4) is 0 Å². The van der Waals surface area contributed by atoms with Crippen molar-refractivity contribution in [2.75, 3.05) is 5.43 Å². The van der Waals surface area contributed by atoms with Crippen molar-refractivity contribution >= 4 is 17.3 Å². The third-order valence-electron chi connectivity index (χ3n) is 4.51. The molecule has 114 valence electrons. The molecule has 1 aromatic heterocycles. The smallest absolute Gasteiger partial charge is 0.287 e. The van der Waals surface area contributed by atoms with Crippen LogP contribution < -0.4 is 16.3 Å². The zero-order chi connectivity index (χ0) is 15.9. The molecule has 0 saturated heterocycles. The summed E-state index contributed by atoms with van der Waals surface area (Å²) in [5.41, 5.74) is 4.10. The fourth-order valence-electron chi connectivity index (χ4n) is 3.41. The van der Waals surface area contributed by atoms with E-state index in [1.165, 1.54) is 11.1 Å². The van der Waals surface area contributed by atoms with Gasteiger partial charge in [-0.25, -0.2) is 4.68 Å². The van der Waals surface area contributed by atoms with E-state index in [0.29, 0.717) is 28.6 Å². The monoisotopic (exact) mass is 314 g/mol. The van der Waals surface area contributed by atoms with E-state index < -0.39 is 0 Å². The first-order valence-electron chi connectivity index (χ1n) is 7.39. The molecule has 2 aliphatic carbocycles. The van der Waals surface area contributed by atoms with Gasteiger partial charge in [-0.3, -0.25) is 10.2 Å². The Morgan fingerprint density at radius 3 is 2.77 bits per heavy atom. The van der Waals surface area contributed by atoms with E-state index in [2.05, 4.69) is 22.9 Å². The van der Waals surface area contributed by atoms with Gasteiger partial charge in [0.05, 0.1) is 0 Å². The molecule has 0 radical (unpaired) electrons. The first-order chi connectivity index (χ1) is 10.5. The number of hydrogen-bond acceptors (Lipinski definition) is 3. The van der Waals surface area contributed by atoms with Crippen molar-refractivity contribution < 1.29 is 0 Å². The highest BCUT2D eigenvalue weighted by molar-refractivity contribution is 7.80. The van der Waals surface area contributed by atoms with Crippen molar-refractivity contribution in [3.8, 4) is 6.07 Å². The summed E-state index contributed by atoms with van der Waals surface area (Å²) in [5.74, 6) is 1.18. The van der Waals surface area contributed by atoms with E-state index in [9.17, 15) is 4.79 Å². The predicted molar refractivity (Wildman–Crippen MR) is 89.1 cm³/mol. The van der Waals surface area contributed by atoms with E-state index in [-0.39, 0.29) is 11.1 Å². The van der Waals surface area contributed by atoms with E-state index in [1.54, 1.807) is 13.0 Å². The molecule has 0 aromatic carbocycles. The molecule has 22 heavy (non-hydrogen) atoms. The summed E-state index contributed by atoms with van der Waals surface area (Å²) in [4.78, 5) is 12.3. The molecule has 2 N–H and O–H groups in total. The van der Waals surface area contributed by atoms with Crippen LogP contribution in [0.15, 0.2) is 23.0 Å². The van der Waals surface area contributed by atoms with Gasteiger partial charge in [-0.05, 0) is 62.4 Å². The number of aryl methyl sites for hydroxylation is 2. The van der Waals surface area contributed by atoms with Crippen molar-refractivity contribution in [3.63, 3.8) is 0 Å². The molecular weight excluding hydrogens is 296 g/mol. The van der Waals surface area contributed by atoms with Crippen LogP contribution in [0.2, 0.25) is 0 Å². The second-order valence-corrected chi connectivity index (χ2v) is 6.48. The van der Waals surface area contributed by atoms with Crippen LogP contribution >= 0.6 is 12.2 Å². The minimum Gasteiger partial charge on any atom is -0.358 e. The number of pyridine rings is 1. The van der Waals surface area contributed by atoms with E-state index in [4.69, 9.17) is 17.5 Å². The Bertz CT molecular complexity index is 759. The average Bonchev–Trinajstić information content (AvgIpc) is 3.06. The standard InChI is InChI=1S/C16H18N4OS/c1-9-5-10(2)20(15(21)13(9)8-17)19-16(22)18-14-7-11-3-4-12(14)6-11/h3-5,11-12,14H,6-7H2,1-2H3,(H2,18,19,22)/t11-,12+,14-/m1/s1. The number of thiocarbonyl (C=S) groups is 1. The lowest BCUT2D eigenvalue weighted by Crippen LogP contribution is -2.46. The normalized spacial score (nSPS) is 25.0. The Morgan fingerprint density at radius 2 is 2.18 bits per heavy atom. The van der Waals surface area contributed by atoms with Crippen LogP contribution in [-0.2, 0) is 0 Å². The second kappa shape index (κ2) is 5.58. The molecule has 1 saturated carbocycles. The Balaban J connectivity index is 1.76. The number of aromatic nitrogens is 1. The molecule has 3 atom stereocenters. The molecule has 5 nitrogen and oxygen atoms in total. The van der Waals surface area contributed by atoms with Gasteiger partial charge in [-0.15, -0.1) is 0 Å². The van der Waals surface area contributed by atoms with Crippen molar-refractivity contribution in [2.24, 2.45) is 11.8 Å². The maximum absolute atomic E-state index is 12.3. The number of allylic oxidation sites excluding steroid dienone is 1. The fraction of sp³-hybridized carbons (Fsp3) is 0.438. The van der Waals surface area contributed by atoms with Gasteiger partial charge >= 0.3 is 0 Å².